The van der Waals surface area contributed by atoms with Gasteiger partial charge in [-0.05, 0) is 39.7 Å². The van der Waals surface area contributed by atoms with E-state index in [1.165, 1.54) is 11.3 Å². The van der Waals surface area contributed by atoms with Crippen LogP contribution < -0.4 is 9.80 Å². The summed E-state index contributed by atoms with van der Waals surface area (Å²) in [6, 6.07) is 6.12. The summed E-state index contributed by atoms with van der Waals surface area (Å²) in [5.74, 6) is 0.993. The normalized spacial score (nSPS) is 14.6. The monoisotopic (exact) mass is 304 g/mol. The lowest BCUT2D eigenvalue weighted by Crippen LogP contribution is -2.40. The minimum Gasteiger partial charge on any atom is -0.355 e. The Hall–Kier alpha value is -1.62. The van der Waals surface area contributed by atoms with Crippen LogP contribution in [0, 0.1) is 0 Å². The first-order valence-corrected chi connectivity index (χ1v) is 6.54. The molecule has 0 radical (unpaired) electrons. The fraction of sp³-hybridized carbons (Fsp3) is 0.231. The van der Waals surface area contributed by atoms with Crippen LogP contribution in [0.2, 0.25) is 0 Å². The number of aromatic nitrogens is 2. The molecule has 3 heterocycles. The van der Waals surface area contributed by atoms with E-state index >= 15 is 0 Å². The van der Waals surface area contributed by atoms with E-state index in [1.807, 2.05) is 30.7 Å². The summed E-state index contributed by atoms with van der Waals surface area (Å²) < 4.78 is 1.00. The van der Waals surface area contributed by atoms with Gasteiger partial charge in [-0.25, -0.2) is 4.98 Å². The lowest BCUT2D eigenvalue weighted by atomic mass is 10.1. The molecular formula is C13H13BrN4. The summed E-state index contributed by atoms with van der Waals surface area (Å²) in [5, 5.41) is 0. The first-order chi connectivity index (χ1) is 8.74. The average Bonchev–Trinajstić information content (AvgIpc) is 2.39. The van der Waals surface area contributed by atoms with E-state index in [-0.39, 0.29) is 0 Å². The van der Waals surface area contributed by atoms with Crippen molar-refractivity contribution in [2.24, 2.45) is 0 Å². The van der Waals surface area contributed by atoms with E-state index in [9.17, 15) is 0 Å². The first-order valence-electron chi connectivity index (χ1n) is 5.74. The van der Waals surface area contributed by atoms with Crippen LogP contribution in [0.5, 0.6) is 0 Å². The minimum absolute atomic E-state index is 0.827. The van der Waals surface area contributed by atoms with Crippen molar-refractivity contribution in [2.45, 2.75) is 6.54 Å². The van der Waals surface area contributed by atoms with Crippen molar-refractivity contribution >= 4 is 27.4 Å². The maximum absolute atomic E-state index is 4.45. The highest BCUT2D eigenvalue weighted by atomic mass is 79.9. The molecule has 0 atom stereocenters. The molecule has 0 amide bonds. The van der Waals surface area contributed by atoms with Gasteiger partial charge >= 0.3 is 0 Å². The topological polar surface area (TPSA) is 32.3 Å². The van der Waals surface area contributed by atoms with Gasteiger partial charge in [-0.15, -0.1) is 0 Å². The molecule has 0 spiro atoms. The van der Waals surface area contributed by atoms with E-state index in [0.717, 1.165) is 23.5 Å². The summed E-state index contributed by atoms with van der Waals surface area (Å²) >= 11 is 3.41. The van der Waals surface area contributed by atoms with Crippen LogP contribution in [0.4, 0.5) is 11.5 Å². The predicted molar refractivity (Wildman–Crippen MR) is 75.6 cm³/mol. The lowest BCUT2D eigenvalue weighted by molar-refractivity contribution is 0.719. The third-order valence-electron chi connectivity index (χ3n) is 3.08. The van der Waals surface area contributed by atoms with E-state index in [1.54, 1.807) is 0 Å². The zero-order valence-electron chi connectivity index (χ0n) is 10.0. The molecule has 92 valence electrons. The molecule has 0 N–H and O–H groups in total. The molecule has 0 unspecified atom stereocenters. The Balaban J connectivity index is 1.92. The lowest BCUT2D eigenvalue weighted by Gasteiger charge is -2.36. The Labute approximate surface area is 114 Å². The summed E-state index contributed by atoms with van der Waals surface area (Å²) in [7, 11) is 2.07. The number of hydrogen-bond donors (Lipinski definition) is 0. The van der Waals surface area contributed by atoms with Crippen LogP contribution in [0.1, 0.15) is 5.56 Å². The Kier molecular flexibility index (Phi) is 2.91. The summed E-state index contributed by atoms with van der Waals surface area (Å²) in [6.45, 7) is 1.70. The predicted octanol–water partition coefficient (Wildman–Crippen LogP) is 2.65. The number of rotatable bonds is 1. The van der Waals surface area contributed by atoms with Gasteiger partial charge in [0.05, 0.1) is 18.6 Å². The Bertz CT molecular complexity index is 555. The van der Waals surface area contributed by atoms with Crippen molar-refractivity contribution in [3.63, 3.8) is 0 Å². The molecule has 2 aromatic rings. The van der Waals surface area contributed by atoms with Crippen LogP contribution in [0.3, 0.4) is 0 Å². The van der Waals surface area contributed by atoms with Gasteiger partial charge in [0.25, 0.3) is 0 Å². The second-order valence-electron chi connectivity index (χ2n) is 4.38. The fourth-order valence-corrected chi connectivity index (χ4v) is 2.42. The van der Waals surface area contributed by atoms with Crippen molar-refractivity contribution in [1.29, 1.82) is 0 Å². The quantitative estimate of drug-likeness (QED) is 0.811. The summed E-state index contributed by atoms with van der Waals surface area (Å²) in [6.07, 6.45) is 5.59. The Morgan fingerprint density at radius 2 is 2.11 bits per heavy atom. The van der Waals surface area contributed by atoms with Crippen LogP contribution in [0.15, 0.2) is 41.3 Å². The molecule has 18 heavy (non-hydrogen) atoms. The number of fused-ring (bicyclic) bond motifs is 1. The molecule has 0 aliphatic carbocycles. The molecule has 5 heteroatoms. The fourth-order valence-electron chi connectivity index (χ4n) is 2.19. The van der Waals surface area contributed by atoms with Gasteiger partial charge < -0.3 is 9.80 Å². The smallest absolute Gasteiger partial charge is 0.130 e. The maximum atomic E-state index is 4.45. The molecule has 0 aromatic carbocycles. The zero-order chi connectivity index (χ0) is 12.5. The molecule has 0 saturated heterocycles. The van der Waals surface area contributed by atoms with Crippen LogP contribution in [-0.4, -0.2) is 23.7 Å². The largest absolute Gasteiger partial charge is 0.355 e. The molecule has 0 saturated carbocycles. The van der Waals surface area contributed by atoms with E-state index < -0.39 is 0 Å². The second kappa shape index (κ2) is 4.57. The van der Waals surface area contributed by atoms with Gasteiger partial charge in [0.2, 0.25) is 0 Å². The van der Waals surface area contributed by atoms with E-state index in [2.05, 4.69) is 48.8 Å². The van der Waals surface area contributed by atoms with Crippen LogP contribution in [-0.2, 0) is 6.54 Å². The summed E-state index contributed by atoms with van der Waals surface area (Å²) in [4.78, 5) is 13.1. The maximum Gasteiger partial charge on any atom is 0.130 e. The van der Waals surface area contributed by atoms with Crippen molar-refractivity contribution in [2.75, 3.05) is 23.5 Å². The average molecular weight is 305 g/mol. The van der Waals surface area contributed by atoms with E-state index in [0.29, 0.717) is 0 Å². The number of anilines is 2. The Morgan fingerprint density at radius 1 is 1.22 bits per heavy atom. The number of hydrogen-bond acceptors (Lipinski definition) is 4. The highest BCUT2D eigenvalue weighted by molar-refractivity contribution is 9.10. The number of pyridine rings is 2. The van der Waals surface area contributed by atoms with Gasteiger partial charge in [-0.2, -0.15) is 0 Å². The number of halogens is 1. The SMILES string of the molecule is CN1CN(c2ccc(Br)cn2)Cc2ccncc21. The highest BCUT2D eigenvalue weighted by Crippen LogP contribution is 2.27. The molecule has 0 fully saturated rings. The van der Waals surface area contributed by atoms with Gasteiger partial charge in [-0.1, -0.05) is 0 Å². The van der Waals surface area contributed by atoms with Crippen molar-refractivity contribution in [1.82, 2.24) is 9.97 Å². The Morgan fingerprint density at radius 3 is 2.89 bits per heavy atom. The molecule has 2 aromatic heterocycles. The van der Waals surface area contributed by atoms with Crippen molar-refractivity contribution in [3.8, 4) is 0 Å². The first kappa shape index (κ1) is 11.5. The van der Waals surface area contributed by atoms with Crippen molar-refractivity contribution < 1.29 is 0 Å². The van der Waals surface area contributed by atoms with Gasteiger partial charge in [-0.3, -0.25) is 4.98 Å². The zero-order valence-corrected chi connectivity index (χ0v) is 11.6. The van der Waals surface area contributed by atoms with Crippen LogP contribution >= 0.6 is 15.9 Å². The minimum atomic E-state index is 0.827. The van der Waals surface area contributed by atoms with Gasteiger partial charge in [0.15, 0.2) is 0 Å². The summed E-state index contributed by atoms with van der Waals surface area (Å²) in [5.41, 5.74) is 2.48. The van der Waals surface area contributed by atoms with Crippen LogP contribution in [0.25, 0.3) is 0 Å². The third-order valence-corrected chi connectivity index (χ3v) is 3.55. The third kappa shape index (κ3) is 2.06. The molecular weight excluding hydrogens is 292 g/mol. The highest BCUT2D eigenvalue weighted by Gasteiger charge is 2.20. The molecule has 1 aliphatic heterocycles. The second-order valence-corrected chi connectivity index (χ2v) is 5.29. The van der Waals surface area contributed by atoms with E-state index in [4.69, 9.17) is 0 Å². The van der Waals surface area contributed by atoms with Gasteiger partial charge in [0, 0.05) is 30.5 Å². The number of nitrogens with zero attached hydrogens (tertiary/aromatic N) is 4. The molecule has 1 aliphatic rings. The molecule has 4 nitrogen and oxygen atoms in total. The van der Waals surface area contributed by atoms with Gasteiger partial charge in [0.1, 0.15) is 5.82 Å². The molecule has 0 bridgehead atoms. The standard InChI is InChI=1S/C13H13BrN4/c1-17-9-18(13-3-2-11(14)6-16-13)8-10-4-5-15-7-12(10)17/h2-7H,8-9H2,1H3. The van der Waals surface area contributed by atoms with Crippen molar-refractivity contribution in [3.05, 3.63) is 46.8 Å². The molecule has 3 rings (SSSR count).